The lowest BCUT2D eigenvalue weighted by molar-refractivity contribution is 0.519. The fourth-order valence-electron chi connectivity index (χ4n) is 2.75. The summed E-state index contributed by atoms with van der Waals surface area (Å²) in [6.45, 7) is 4.23. The number of nitrogens with zero attached hydrogens (tertiary/aromatic N) is 2. The normalized spacial score (nSPS) is 12.6. The quantitative estimate of drug-likeness (QED) is 0.886. The molecule has 0 aliphatic carbocycles. The van der Waals surface area contributed by atoms with Crippen LogP contribution in [0.4, 0.5) is 0 Å². The number of rotatable bonds is 6. The third kappa shape index (κ3) is 4.08. The van der Waals surface area contributed by atoms with Crippen molar-refractivity contribution >= 4 is 11.6 Å². The molecule has 0 radical (unpaired) electrons. The van der Waals surface area contributed by atoms with Crippen LogP contribution in [0.5, 0.6) is 0 Å². The summed E-state index contributed by atoms with van der Waals surface area (Å²) in [5.74, 6) is 0. The average molecular weight is 306 g/mol. The van der Waals surface area contributed by atoms with E-state index in [9.17, 15) is 0 Å². The Balaban J connectivity index is 1.98. The third-order valence-corrected chi connectivity index (χ3v) is 4.46. The second kappa shape index (κ2) is 7.10. The maximum absolute atomic E-state index is 5.94. The van der Waals surface area contributed by atoms with Crippen LogP contribution in [0.15, 0.2) is 24.3 Å². The highest BCUT2D eigenvalue weighted by atomic mass is 35.5. The Bertz CT molecular complexity index is 587. The molecule has 1 unspecified atom stereocenters. The van der Waals surface area contributed by atoms with Crippen LogP contribution in [0.25, 0.3) is 0 Å². The summed E-state index contributed by atoms with van der Waals surface area (Å²) in [4.78, 5) is 0. The van der Waals surface area contributed by atoms with Gasteiger partial charge in [0.1, 0.15) is 0 Å². The molecule has 0 bridgehead atoms. The van der Waals surface area contributed by atoms with E-state index in [4.69, 9.17) is 11.6 Å². The molecule has 114 valence electrons. The highest BCUT2D eigenvalue weighted by Gasteiger charge is 2.13. The molecule has 0 aliphatic rings. The number of hydrogen-bond donors (Lipinski definition) is 1. The van der Waals surface area contributed by atoms with Crippen LogP contribution < -0.4 is 5.32 Å². The van der Waals surface area contributed by atoms with Crippen molar-refractivity contribution in [2.45, 2.75) is 39.2 Å². The first kappa shape index (κ1) is 16.1. The van der Waals surface area contributed by atoms with Crippen molar-refractivity contribution < 1.29 is 0 Å². The van der Waals surface area contributed by atoms with Crippen molar-refractivity contribution in [3.05, 3.63) is 51.8 Å². The average Bonchev–Trinajstić information content (AvgIpc) is 2.71. The van der Waals surface area contributed by atoms with E-state index >= 15 is 0 Å². The summed E-state index contributed by atoms with van der Waals surface area (Å²) in [7, 11) is 4.04. The molecule has 2 rings (SSSR count). The predicted octanol–water partition coefficient (Wildman–Crippen LogP) is 3.45. The summed E-state index contributed by atoms with van der Waals surface area (Å²) in [6, 6.07) is 8.59. The Labute approximate surface area is 132 Å². The zero-order chi connectivity index (χ0) is 15.4. The predicted molar refractivity (Wildman–Crippen MR) is 89.0 cm³/mol. The molecule has 1 aromatic heterocycles. The van der Waals surface area contributed by atoms with Crippen LogP contribution in [0.3, 0.4) is 0 Å². The van der Waals surface area contributed by atoms with Crippen LogP contribution in [-0.2, 0) is 19.9 Å². The van der Waals surface area contributed by atoms with Gasteiger partial charge < -0.3 is 5.32 Å². The molecule has 1 heterocycles. The second-order valence-electron chi connectivity index (χ2n) is 5.63. The van der Waals surface area contributed by atoms with Crippen LogP contribution in [0.1, 0.15) is 28.9 Å². The molecule has 0 saturated heterocycles. The van der Waals surface area contributed by atoms with E-state index < -0.39 is 0 Å². The van der Waals surface area contributed by atoms with Gasteiger partial charge in [0.05, 0.1) is 5.69 Å². The third-order valence-electron chi connectivity index (χ3n) is 4.21. The van der Waals surface area contributed by atoms with E-state index in [2.05, 4.69) is 36.4 Å². The topological polar surface area (TPSA) is 29.9 Å². The maximum Gasteiger partial charge on any atom is 0.0628 e. The zero-order valence-corrected chi connectivity index (χ0v) is 14.0. The smallest absolute Gasteiger partial charge is 0.0628 e. The van der Waals surface area contributed by atoms with E-state index in [0.29, 0.717) is 6.04 Å². The summed E-state index contributed by atoms with van der Waals surface area (Å²) < 4.78 is 1.97. The van der Waals surface area contributed by atoms with E-state index in [1.54, 1.807) is 0 Å². The molecule has 1 aromatic carbocycles. The van der Waals surface area contributed by atoms with E-state index in [1.807, 2.05) is 30.9 Å². The minimum absolute atomic E-state index is 0.463. The Hall–Kier alpha value is -1.32. The molecule has 0 fully saturated rings. The second-order valence-corrected chi connectivity index (χ2v) is 6.06. The summed E-state index contributed by atoms with van der Waals surface area (Å²) in [5, 5.41) is 8.70. The minimum atomic E-state index is 0.463. The summed E-state index contributed by atoms with van der Waals surface area (Å²) in [5.41, 5.74) is 5.12. The SMILES string of the molecule is CNC(CCc1c(C)nn(C)c1C)Cc1ccc(Cl)cc1. The molecular weight excluding hydrogens is 282 g/mol. The number of benzene rings is 1. The first-order valence-electron chi connectivity index (χ1n) is 7.42. The molecule has 3 nitrogen and oxygen atoms in total. The van der Waals surface area contributed by atoms with Gasteiger partial charge >= 0.3 is 0 Å². The largest absolute Gasteiger partial charge is 0.317 e. The molecular formula is C17H24ClN3. The number of likely N-dealkylation sites (N-methyl/N-ethyl adjacent to an activating group) is 1. The lowest BCUT2D eigenvalue weighted by atomic mass is 9.98. The highest BCUT2D eigenvalue weighted by molar-refractivity contribution is 6.30. The van der Waals surface area contributed by atoms with Crippen LogP contribution in [0.2, 0.25) is 5.02 Å². The van der Waals surface area contributed by atoms with Crippen LogP contribution in [-0.4, -0.2) is 22.9 Å². The van der Waals surface area contributed by atoms with E-state index in [-0.39, 0.29) is 0 Å². The van der Waals surface area contributed by atoms with Crippen molar-refractivity contribution in [2.24, 2.45) is 7.05 Å². The van der Waals surface area contributed by atoms with Gasteiger partial charge in [0, 0.05) is 23.8 Å². The number of halogens is 1. The van der Waals surface area contributed by atoms with Crippen LogP contribution in [0, 0.1) is 13.8 Å². The van der Waals surface area contributed by atoms with Gasteiger partial charge in [0.25, 0.3) is 0 Å². The molecule has 0 aliphatic heterocycles. The number of nitrogens with one attached hydrogen (secondary N) is 1. The Morgan fingerprint density at radius 2 is 1.90 bits per heavy atom. The van der Waals surface area contributed by atoms with Crippen molar-refractivity contribution in [1.82, 2.24) is 15.1 Å². The zero-order valence-electron chi connectivity index (χ0n) is 13.3. The molecule has 0 saturated carbocycles. The Morgan fingerprint density at radius 3 is 2.43 bits per heavy atom. The lowest BCUT2D eigenvalue weighted by Gasteiger charge is -2.16. The molecule has 0 amide bonds. The first-order chi connectivity index (χ1) is 10.0. The monoisotopic (exact) mass is 305 g/mol. The van der Waals surface area contributed by atoms with Gasteiger partial charge in [-0.15, -0.1) is 0 Å². The Morgan fingerprint density at radius 1 is 1.24 bits per heavy atom. The summed E-state index contributed by atoms with van der Waals surface area (Å²) in [6.07, 6.45) is 3.18. The van der Waals surface area contributed by atoms with Gasteiger partial charge in [0.2, 0.25) is 0 Å². The van der Waals surface area contributed by atoms with Crippen LogP contribution >= 0.6 is 11.6 Å². The summed E-state index contributed by atoms with van der Waals surface area (Å²) >= 11 is 5.94. The standard InChI is InChI=1S/C17H24ClN3/c1-12-17(13(2)21(4)20-12)10-9-16(19-3)11-14-5-7-15(18)8-6-14/h5-8,16,19H,9-11H2,1-4H3. The molecule has 4 heteroatoms. The van der Waals surface area contributed by atoms with Crippen molar-refractivity contribution in [1.29, 1.82) is 0 Å². The van der Waals surface area contributed by atoms with E-state index in [0.717, 1.165) is 30.0 Å². The van der Waals surface area contributed by atoms with Gasteiger partial charge in [-0.05, 0) is 63.4 Å². The van der Waals surface area contributed by atoms with Gasteiger partial charge in [-0.1, -0.05) is 23.7 Å². The number of hydrogen-bond acceptors (Lipinski definition) is 2. The first-order valence-corrected chi connectivity index (χ1v) is 7.80. The van der Waals surface area contributed by atoms with E-state index in [1.165, 1.54) is 16.8 Å². The molecule has 2 aromatic rings. The van der Waals surface area contributed by atoms with Gasteiger partial charge in [-0.25, -0.2) is 0 Å². The van der Waals surface area contributed by atoms with Gasteiger partial charge in [-0.2, -0.15) is 5.10 Å². The fraction of sp³-hybridized carbons (Fsp3) is 0.471. The molecule has 21 heavy (non-hydrogen) atoms. The minimum Gasteiger partial charge on any atom is -0.317 e. The maximum atomic E-state index is 5.94. The molecule has 1 atom stereocenters. The number of aromatic nitrogens is 2. The van der Waals surface area contributed by atoms with Crippen molar-refractivity contribution in [3.8, 4) is 0 Å². The Kier molecular flexibility index (Phi) is 5.43. The van der Waals surface area contributed by atoms with Crippen molar-refractivity contribution in [2.75, 3.05) is 7.05 Å². The van der Waals surface area contributed by atoms with Gasteiger partial charge in [0.15, 0.2) is 0 Å². The molecule has 1 N–H and O–H groups in total. The lowest BCUT2D eigenvalue weighted by Crippen LogP contribution is -2.28. The molecule has 0 spiro atoms. The fourth-order valence-corrected chi connectivity index (χ4v) is 2.88. The van der Waals surface area contributed by atoms with Gasteiger partial charge in [-0.3, -0.25) is 4.68 Å². The highest BCUT2D eigenvalue weighted by Crippen LogP contribution is 2.17. The number of aryl methyl sites for hydroxylation is 2. The van der Waals surface area contributed by atoms with Crippen molar-refractivity contribution in [3.63, 3.8) is 0 Å².